The van der Waals surface area contributed by atoms with Crippen molar-refractivity contribution in [2.75, 3.05) is 12.9 Å². The van der Waals surface area contributed by atoms with Gasteiger partial charge in [0.25, 0.3) is 10.1 Å². The highest BCUT2D eigenvalue weighted by atomic mass is 32.2. The quantitative estimate of drug-likeness (QED) is 0.586. The van der Waals surface area contributed by atoms with Crippen molar-refractivity contribution in [2.24, 2.45) is 5.92 Å². The topological polar surface area (TPSA) is 78.6 Å². The molecule has 0 bridgehead atoms. The molecule has 6 nitrogen and oxygen atoms in total. The Balaban J connectivity index is 1.90. The molecule has 10 heteroatoms. The highest BCUT2D eigenvalue weighted by Crippen LogP contribution is 2.39. The first-order valence-corrected chi connectivity index (χ1v) is 11.4. The Morgan fingerprint density at radius 3 is 2.62 bits per heavy atom. The number of ether oxygens (including phenoxy) is 1. The summed E-state index contributed by atoms with van der Waals surface area (Å²) in [5.41, 5.74) is -0.425. The third-order valence-electron chi connectivity index (χ3n) is 5.08. The van der Waals surface area contributed by atoms with Gasteiger partial charge in [-0.05, 0) is 37.8 Å². The van der Waals surface area contributed by atoms with Crippen molar-refractivity contribution in [1.82, 2.24) is 5.16 Å². The van der Waals surface area contributed by atoms with E-state index in [9.17, 15) is 21.6 Å². The molecule has 1 aromatic carbocycles. The number of alkyl halides is 3. The monoisotopic (exact) mass is 435 g/mol. The summed E-state index contributed by atoms with van der Waals surface area (Å²) in [5.74, 6) is 0.324. The van der Waals surface area contributed by atoms with Crippen LogP contribution >= 0.6 is 0 Å². The van der Waals surface area contributed by atoms with Crippen molar-refractivity contribution in [1.29, 1.82) is 0 Å². The molecule has 1 aliphatic rings. The minimum absolute atomic E-state index is 0.0232. The van der Waals surface area contributed by atoms with E-state index in [4.69, 9.17) is 13.4 Å². The Morgan fingerprint density at radius 1 is 1.24 bits per heavy atom. The Morgan fingerprint density at radius 2 is 1.97 bits per heavy atom. The molecule has 162 valence electrons. The summed E-state index contributed by atoms with van der Waals surface area (Å²) < 4.78 is 78.3. The highest BCUT2D eigenvalue weighted by molar-refractivity contribution is 7.85. The van der Waals surface area contributed by atoms with Gasteiger partial charge in [0.05, 0.1) is 18.2 Å². The molecule has 1 aliphatic carbocycles. The van der Waals surface area contributed by atoms with Crippen LogP contribution in [0, 0.1) is 5.92 Å². The molecule has 2 aromatic rings. The van der Waals surface area contributed by atoms with E-state index in [1.807, 2.05) is 6.92 Å². The predicted molar refractivity (Wildman–Crippen MR) is 100 cm³/mol. The number of hydrogen-bond acceptors (Lipinski definition) is 6. The van der Waals surface area contributed by atoms with E-state index in [1.165, 1.54) is 12.1 Å². The normalized spacial score (nSPS) is 20.9. The van der Waals surface area contributed by atoms with Crippen LogP contribution in [0.15, 0.2) is 16.7 Å². The predicted octanol–water partition coefficient (Wildman–Crippen LogP) is 4.71. The second-order valence-corrected chi connectivity index (χ2v) is 9.03. The lowest BCUT2D eigenvalue weighted by molar-refractivity contribution is -0.141. The minimum atomic E-state index is -4.60. The van der Waals surface area contributed by atoms with Crippen LogP contribution in [0.2, 0.25) is 0 Å². The Bertz CT molecular complexity index is 955. The van der Waals surface area contributed by atoms with Gasteiger partial charge in [-0.2, -0.15) is 21.6 Å². The number of hydrogen-bond donors (Lipinski definition) is 0. The molecule has 0 N–H and O–H groups in total. The van der Waals surface area contributed by atoms with Gasteiger partial charge in [-0.15, -0.1) is 0 Å². The first-order chi connectivity index (χ1) is 13.6. The van der Waals surface area contributed by atoms with Crippen LogP contribution in [0.25, 0.3) is 11.0 Å². The third kappa shape index (κ3) is 5.22. The number of fused-ring (bicyclic) bond motifs is 1. The van der Waals surface area contributed by atoms with Gasteiger partial charge in [-0.25, -0.2) is 0 Å². The second kappa shape index (κ2) is 8.51. The van der Waals surface area contributed by atoms with Crippen LogP contribution in [0.4, 0.5) is 13.2 Å². The van der Waals surface area contributed by atoms with Crippen molar-refractivity contribution in [2.45, 2.75) is 57.7 Å². The van der Waals surface area contributed by atoms with Crippen molar-refractivity contribution in [3.63, 3.8) is 0 Å². The van der Waals surface area contributed by atoms with Gasteiger partial charge in [0, 0.05) is 11.5 Å². The lowest BCUT2D eigenvalue weighted by Crippen LogP contribution is -2.34. The molecular weight excluding hydrogens is 411 g/mol. The molecule has 0 unspecified atom stereocenters. The molecule has 29 heavy (non-hydrogen) atoms. The smallest absolute Gasteiger partial charge is 0.437 e. The minimum Gasteiger partial charge on any atom is -0.490 e. The Hall–Kier alpha value is -1.81. The van der Waals surface area contributed by atoms with Gasteiger partial charge in [0.2, 0.25) is 0 Å². The van der Waals surface area contributed by atoms with Crippen LogP contribution in [0.3, 0.4) is 0 Å². The number of rotatable bonds is 7. The molecule has 1 saturated carbocycles. The average Bonchev–Trinajstić information content (AvgIpc) is 3.07. The maximum Gasteiger partial charge on any atom is 0.437 e. The summed E-state index contributed by atoms with van der Waals surface area (Å²) in [6, 6.07) is 2.83. The molecule has 1 aromatic heterocycles. The van der Waals surface area contributed by atoms with Gasteiger partial charge in [-0.1, -0.05) is 24.9 Å². The van der Waals surface area contributed by atoms with Gasteiger partial charge in [0.1, 0.15) is 11.9 Å². The molecule has 1 fully saturated rings. The zero-order valence-electron chi connectivity index (χ0n) is 16.3. The average molecular weight is 435 g/mol. The number of benzene rings is 1. The van der Waals surface area contributed by atoms with Gasteiger partial charge in [-0.3, -0.25) is 4.18 Å². The molecule has 0 saturated heterocycles. The van der Waals surface area contributed by atoms with E-state index in [1.54, 1.807) is 0 Å². The fourth-order valence-corrected chi connectivity index (χ4v) is 4.16. The Kier molecular flexibility index (Phi) is 6.42. The van der Waals surface area contributed by atoms with Crippen LogP contribution in [-0.4, -0.2) is 32.5 Å². The lowest BCUT2D eigenvalue weighted by atomic mass is 9.87. The van der Waals surface area contributed by atoms with E-state index >= 15 is 0 Å². The van der Waals surface area contributed by atoms with Crippen LogP contribution in [-0.2, 0) is 26.9 Å². The standard InChI is InChI=1S/C19H24F3NO5S/c1-3-6-13-16(10-9-14-17(13)28-23-18(14)19(20,21)22)27-15-8-5-4-7-12(15)11-26-29(2,24)25/h9-10,12,15H,3-8,11H2,1-2H3/t12-,15-/m0/s1. The van der Waals surface area contributed by atoms with Crippen LogP contribution in [0.1, 0.15) is 50.3 Å². The largest absolute Gasteiger partial charge is 0.490 e. The third-order valence-corrected chi connectivity index (χ3v) is 5.65. The van der Waals surface area contributed by atoms with E-state index in [0.717, 1.165) is 25.5 Å². The summed E-state index contributed by atoms with van der Waals surface area (Å²) in [5, 5.41) is 3.14. The summed E-state index contributed by atoms with van der Waals surface area (Å²) in [6.45, 7) is 1.93. The molecule has 0 spiro atoms. The van der Waals surface area contributed by atoms with Crippen molar-refractivity contribution < 1.29 is 35.0 Å². The van der Waals surface area contributed by atoms with Gasteiger partial charge < -0.3 is 9.26 Å². The van der Waals surface area contributed by atoms with E-state index in [2.05, 4.69) is 5.16 Å². The summed E-state index contributed by atoms with van der Waals surface area (Å²) in [4.78, 5) is 0. The molecule has 0 amide bonds. The fraction of sp³-hybridized carbons (Fsp3) is 0.632. The number of halogens is 3. The molecule has 0 radical (unpaired) electrons. The SMILES string of the molecule is CCCc1c(O[C@H]2CCCC[C@H]2COS(C)(=O)=O)ccc2c(C(F)(F)F)noc12. The van der Waals surface area contributed by atoms with Crippen molar-refractivity contribution in [3.8, 4) is 5.75 Å². The highest BCUT2D eigenvalue weighted by Gasteiger charge is 2.38. The summed E-state index contributed by atoms with van der Waals surface area (Å²) in [6.07, 6.45) is 0.595. The van der Waals surface area contributed by atoms with Crippen LogP contribution in [0.5, 0.6) is 5.75 Å². The zero-order valence-corrected chi connectivity index (χ0v) is 17.1. The molecular formula is C19H24F3NO5S. The molecule has 2 atom stereocenters. The number of nitrogens with zero attached hydrogens (tertiary/aromatic N) is 1. The van der Waals surface area contributed by atoms with E-state index < -0.39 is 22.0 Å². The molecule has 3 rings (SSSR count). The van der Waals surface area contributed by atoms with Crippen LogP contribution < -0.4 is 4.74 Å². The van der Waals surface area contributed by atoms with Crippen molar-refractivity contribution in [3.05, 3.63) is 23.4 Å². The molecule has 0 aliphatic heterocycles. The summed E-state index contributed by atoms with van der Waals surface area (Å²) >= 11 is 0. The summed E-state index contributed by atoms with van der Waals surface area (Å²) in [7, 11) is -3.56. The molecule has 1 heterocycles. The maximum absolute atomic E-state index is 13.2. The number of aryl methyl sites for hydroxylation is 1. The van der Waals surface area contributed by atoms with Gasteiger partial charge in [0.15, 0.2) is 11.3 Å². The first kappa shape index (κ1) is 21.9. The second-order valence-electron chi connectivity index (χ2n) is 7.39. The van der Waals surface area contributed by atoms with E-state index in [-0.39, 0.29) is 29.6 Å². The van der Waals surface area contributed by atoms with E-state index in [0.29, 0.717) is 30.6 Å². The fourth-order valence-electron chi connectivity index (χ4n) is 3.74. The number of aromatic nitrogens is 1. The van der Waals surface area contributed by atoms with Crippen molar-refractivity contribution >= 4 is 21.1 Å². The maximum atomic E-state index is 13.2. The zero-order chi connectivity index (χ0) is 21.2. The lowest BCUT2D eigenvalue weighted by Gasteiger charge is -2.32. The first-order valence-electron chi connectivity index (χ1n) is 9.59. The Labute approximate surface area is 167 Å². The van der Waals surface area contributed by atoms with Gasteiger partial charge >= 0.3 is 6.18 Å².